The van der Waals surface area contributed by atoms with Gasteiger partial charge in [-0.1, -0.05) is 6.92 Å². The first-order valence-electron chi connectivity index (χ1n) is 6.14. The molecule has 2 heterocycles. The molecule has 2 atom stereocenters. The van der Waals surface area contributed by atoms with Gasteiger partial charge in [0.2, 0.25) is 10.0 Å². The van der Waals surface area contributed by atoms with Crippen molar-refractivity contribution in [3.8, 4) is 0 Å². The van der Waals surface area contributed by atoms with Crippen LogP contribution in [-0.2, 0) is 10.0 Å². The van der Waals surface area contributed by atoms with E-state index < -0.39 is 10.0 Å². The maximum absolute atomic E-state index is 12.3. The van der Waals surface area contributed by atoms with Crippen molar-refractivity contribution in [3.63, 3.8) is 0 Å². The van der Waals surface area contributed by atoms with E-state index in [0.29, 0.717) is 12.5 Å². The normalized spacial score (nSPS) is 23.9. The molecule has 1 aliphatic rings. The minimum atomic E-state index is -3.86. The van der Waals surface area contributed by atoms with Crippen molar-refractivity contribution in [2.75, 3.05) is 6.54 Å². The van der Waals surface area contributed by atoms with Crippen LogP contribution in [-0.4, -0.2) is 31.8 Å². The van der Waals surface area contributed by atoms with Crippen molar-refractivity contribution in [2.24, 2.45) is 11.1 Å². The Bertz CT molecular complexity index is 605. The topological polar surface area (TPSA) is 93.6 Å². The van der Waals surface area contributed by atoms with E-state index in [9.17, 15) is 13.2 Å². The van der Waals surface area contributed by atoms with Crippen LogP contribution < -0.4 is 5.14 Å². The molecule has 0 bridgehead atoms. The van der Waals surface area contributed by atoms with Gasteiger partial charge in [-0.3, -0.25) is 4.79 Å². The Morgan fingerprint density at radius 1 is 1.47 bits per heavy atom. The van der Waals surface area contributed by atoms with Crippen molar-refractivity contribution in [1.29, 1.82) is 0 Å². The van der Waals surface area contributed by atoms with E-state index >= 15 is 0 Å². The van der Waals surface area contributed by atoms with Gasteiger partial charge in [-0.25, -0.2) is 13.6 Å². The molecule has 1 fully saturated rings. The van der Waals surface area contributed by atoms with E-state index in [1.54, 1.807) is 4.90 Å². The first-order valence-corrected chi connectivity index (χ1v) is 7.69. The predicted molar refractivity (Wildman–Crippen MR) is 69.1 cm³/mol. The molecule has 2 unspecified atom stereocenters. The lowest BCUT2D eigenvalue weighted by atomic mass is 10.1. The zero-order chi connectivity index (χ0) is 14.4. The third kappa shape index (κ3) is 2.66. The second-order valence-corrected chi connectivity index (χ2v) is 6.75. The number of hydrogen-bond acceptors (Lipinski definition) is 4. The molecule has 0 spiro atoms. The van der Waals surface area contributed by atoms with E-state index in [1.165, 1.54) is 13.0 Å². The first kappa shape index (κ1) is 14.1. The van der Waals surface area contributed by atoms with E-state index in [1.807, 2.05) is 6.92 Å². The third-order valence-electron chi connectivity index (χ3n) is 3.43. The number of furan rings is 1. The highest BCUT2D eigenvalue weighted by Crippen LogP contribution is 2.26. The molecular formula is C12H18N2O4S. The molecule has 0 radical (unpaired) electrons. The minimum Gasteiger partial charge on any atom is -0.455 e. The monoisotopic (exact) mass is 286 g/mol. The van der Waals surface area contributed by atoms with E-state index in [-0.39, 0.29) is 28.4 Å². The van der Waals surface area contributed by atoms with Gasteiger partial charge >= 0.3 is 0 Å². The molecule has 1 amide bonds. The standard InChI is InChI=1S/C12H18N2O4S/c1-7-4-8(2)14(6-7)12(15)10-5-11(9(3)18-10)19(13,16)17/h5,7-8H,4,6H2,1-3H3,(H2,13,16,17). The van der Waals surface area contributed by atoms with Gasteiger partial charge in [0, 0.05) is 18.7 Å². The van der Waals surface area contributed by atoms with E-state index in [4.69, 9.17) is 9.56 Å². The number of hydrogen-bond donors (Lipinski definition) is 1. The summed E-state index contributed by atoms with van der Waals surface area (Å²) in [5, 5.41) is 5.06. The smallest absolute Gasteiger partial charge is 0.289 e. The van der Waals surface area contributed by atoms with Crippen LogP contribution in [0.5, 0.6) is 0 Å². The Morgan fingerprint density at radius 2 is 2.11 bits per heavy atom. The Kier molecular flexibility index (Phi) is 3.44. The van der Waals surface area contributed by atoms with Gasteiger partial charge in [0.15, 0.2) is 5.76 Å². The number of rotatable bonds is 2. The molecule has 1 aliphatic heterocycles. The van der Waals surface area contributed by atoms with Crippen LogP contribution in [0.25, 0.3) is 0 Å². The van der Waals surface area contributed by atoms with Gasteiger partial charge in [-0.2, -0.15) is 0 Å². The second-order valence-electron chi connectivity index (χ2n) is 5.22. The Balaban J connectivity index is 2.31. The molecule has 0 aliphatic carbocycles. The number of likely N-dealkylation sites (tertiary alicyclic amines) is 1. The van der Waals surface area contributed by atoms with Crippen LogP contribution in [0.3, 0.4) is 0 Å². The molecule has 1 aromatic rings. The van der Waals surface area contributed by atoms with E-state index in [0.717, 1.165) is 6.42 Å². The molecule has 2 rings (SSSR count). The van der Waals surface area contributed by atoms with E-state index in [2.05, 4.69) is 6.92 Å². The summed E-state index contributed by atoms with van der Waals surface area (Å²) >= 11 is 0. The van der Waals surface area contributed by atoms with Gasteiger partial charge in [-0.15, -0.1) is 0 Å². The summed E-state index contributed by atoms with van der Waals surface area (Å²) in [6, 6.07) is 1.34. The molecule has 2 N–H and O–H groups in total. The highest BCUT2D eigenvalue weighted by Gasteiger charge is 2.33. The maximum Gasteiger partial charge on any atom is 0.289 e. The number of nitrogens with zero attached hydrogens (tertiary/aromatic N) is 1. The number of sulfonamides is 1. The fraction of sp³-hybridized carbons (Fsp3) is 0.583. The fourth-order valence-corrected chi connectivity index (χ4v) is 3.29. The summed E-state index contributed by atoms with van der Waals surface area (Å²) in [7, 11) is -3.86. The van der Waals surface area contributed by atoms with Gasteiger partial charge in [0.25, 0.3) is 5.91 Å². The zero-order valence-electron chi connectivity index (χ0n) is 11.2. The number of amides is 1. The molecule has 1 aromatic heterocycles. The largest absolute Gasteiger partial charge is 0.455 e. The van der Waals surface area contributed by atoms with Gasteiger partial charge < -0.3 is 9.32 Å². The average molecular weight is 286 g/mol. The van der Waals surface area contributed by atoms with Crippen LogP contribution in [0, 0.1) is 12.8 Å². The molecule has 19 heavy (non-hydrogen) atoms. The van der Waals surface area contributed by atoms with Crippen LogP contribution >= 0.6 is 0 Å². The molecule has 0 saturated carbocycles. The molecule has 7 heteroatoms. The number of nitrogens with two attached hydrogens (primary N) is 1. The van der Waals surface area contributed by atoms with Crippen molar-refractivity contribution in [2.45, 2.75) is 38.1 Å². The van der Waals surface area contributed by atoms with Gasteiger partial charge in [0.1, 0.15) is 10.7 Å². The SMILES string of the molecule is Cc1oc(C(=O)N2CC(C)CC2C)cc1S(N)(=O)=O. The lowest BCUT2D eigenvalue weighted by molar-refractivity contribution is 0.0710. The maximum atomic E-state index is 12.3. The molecule has 6 nitrogen and oxygen atoms in total. The molecule has 106 valence electrons. The zero-order valence-corrected chi connectivity index (χ0v) is 12.0. The van der Waals surface area contributed by atoms with Crippen LogP contribution in [0.15, 0.2) is 15.4 Å². The molecular weight excluding hydrogens is 268 g/mol. The third-order valence-corrected chi connectivity index (χ3v) is 4.45. The number of primary sulfonamides is 1. The number of carbonyl (C=O) groups is 1. The summed E-state index contributed by atoms with van der Waals surface area (Å²) in [6.07, 6.45) is 0.938. The van der Waals surface area contributed by atoms with Gasteiger partial charge in [0.05, 0.1) is 0 Å². The summed E-state index contributed by atoms with van der Waals surface area (Å²) < 4.78 is 27.9. The fourth-order valence-electron chi connectivity index (χ4n) is 2.58. The average Bonchev–Trinajstić information content (AvgIpc) is 2.80. The summed E-state index contributed by atoms with van der Waals surface area (Å²) in [5.74, 6) is 0.329. The molecule has 1 saturated heterocycles. The van der Waals surface area contributed by atoms with Crippen molar-refractivity contribution in [3.05, 3.63) is 17.6 Å². The Morgan fingerprint density at radius 3 is 2.53 bits per heavy atom. The molecule has 0 aromatic carbocycles. The van der Waals surface area contributed by atoms with Crippen molar-refractivity contribution >= 4 is 15.9 Å². The minimum absolute atomic E-state index is 0.0301. The van der Waals surface area contributed by atoms with Crippen LogP contribution in [0.1, 0.15) is 36.6 Å². The predicted octanol–water partition coefficient (Wildman–Crippen LogP) is 1.11. The Labute approximate surface area is 112 Å². The van der Waals surface area contributed by atoms with Gasteiger partial charge in [-0.05, 0) is 26.2 Å². The highest BCUT2D eigenvalue weighted by atomic mass is 32.2. The highest BCUT2D eigenvalue weighted by molar-refractivity contribution is 7.89. The second kappa shape index (κ2) is 4.64. The quantitative estimate of drug-likeness (QED) is 0.881. The Hall–Kier alpha value is -1.34. The lowest BCUT2D eigenvalue weighted by Gasteiger charge is -2.19. The van der Waals surface area contributed by atoms with Crippen molar-refractivity contribution < 1.29 is 17.6 Å². The van der Waals surface area contributed by atoms with Crippen LogP contribution in [0.4, 0.5) is 0 Å². The summed E-state index contributed by atoms with van der Waals surface area (Å²) in [6.45, 7) is 6.18. The summed E-state index contributed by atoms with van der Waals surface area (Å²) in [5.41, 5.74) is 0. The number of carbonyl (C=O) groups excluding carboxylic acids is 1. The van der Waals surface area contributed by atoms with Crippen LogP contribution in [0.2, 0.25) is 0 Å². The summed E-state index contributed by atoms with van der Waals surface area (Å²) in [4.78, 5) is 13.9. The number of aryl methyl sites for hydroxylation is 1. The van der Waals surface area contributed by atoms with Crippen molar-refractivity contribution in [1.82, 2.24) is 4.90 Å². The lowest BCUT2D eigenvalue weighted by Crippen LogP contribution is -2.33. The first-order chi connectivity index (χ1) is 8.70.